The van der Waals surface area contributed by atoms with Crippen LogP contribution in [-0.2, 0) is 0 Å². The number of nitrogens with two attached hydrogens (primary N) is 1. The van der Waals surface area contributed by atoms with Crippen molar-refractivity contribution < 1.29 is 0 Å². The van der Waals surface area contributed by atoms with Crippen molar-refractivity contribution in [3.63, 3.8) is 0 Å². The van der Waals surface area contributed by atoms with E-state index < -0.39 is 0 Å². The first kappa shape index (κ1) is 10.6. The number of hydrazine groups is 1. The Kier molecular flexibility index (Phi) is 2.82. The standard InChI is InChI=1S/C10H14N6/c1-7(2)16-6-8(5-14-16)9-10(15-11)13-4-3-12-9/h3-7H,11H2,1-2H3,(H,13,15). The van der Waals surface area contributed by atoms with E-state index in [1.807, 2.05) is 10.9 Å². The van der Waals surface area contributed by atoms with Crippen molar-refractivity contribution in [2.24, 2.45) is 5.84 Å². The SMILES string of the molecule is CC(C)n1cc(-c2nccnc2NN)cn1. The van der Waals surface area contributed by atoms with Gasteiger partial charge in [0.25, 0.3) is 0 Å². The number of nitrogens with zero attached hydrogens (tertiary/aromatic N) is 4. The number of hydrogen-bond acceptors (Lipinski definition) is 5. The summed E-state index contributed by atoms with van der Waals surface area (Å²) in [5.41, 5.74) is 4.13. The maximum atomic E-state index is 5.37. The van der Waals surface area contributed by atoms with Crippen LogP contribution in [0.1, 0.15) is 19.9 Å². The minimum atomic E-state index is 0.319. The van der Waals surface area contributed by atoms with Gasteiger partial charge in [0.15, 0.2) is 5.82 Å². The Balaban J connectivity index is 2.42. The molecule has 2 aromatic rings. The number of aromatic nitrogens is 4. The van der Waals surface area contributed by atoms with Crippen LogP contribution in [0.25, 0.3) is 11.3 Å². The van der Waals surface area contributed by atoms with Crippen LogP contribution in [0.15, 0.2) is 24.8 Å². The highest BCUT2D eigenvalue weighted by molar-refractivity contribution is 5.69. The minimum Gasteiger partial charge on any atom is -0.307 e. The van der Waals surface area contributed by atoms with Gasteiger partial charge >= 0.3 is 0 Å². The van der Waals surface area contributed by atoms with Gasteiger partial charge in [0, 0.05) is 30.2 Å². The first-order chi connectivity index (χ1) is 7.72. The van der Waals surface area contributed by atoms with Crippen LogP contribution >= 0.6 is 0 Å². The summed E-state index contributed by atoms with van der Waals surface area (Å²) in [5.74, 6) is 5.92. The van der Waals surface area contributed by atoms with Crippen LogP contribution in [0.2, 0.25) is 0 Å². The van der Waals surface area contributed by atoms with E-state index in [0.29, 0.717) is 17.6 Å². The molecule has 2 heterocycles. The maximum absolute atomic E-state index is 5.37. The highest BCUT2D eigenvalue weighted by atomic mass is 15.3. The topological polar surface area (TPSA) is 81.7 Å². The number of nitrogen functional groups attached to an aromatic ring is 1. The van der Waals surface area contributed by atoms with Crippen molar-refractivity contribution in [3.05, 3.63) is 24.8 Å². The molecule has 0 saturated carbocycles. The molecule has 0 aliphatic carbocycles. The molecule has 0 amide bonds. The molecule has 6 heteroatoms. The van der Waals surface area contributed by atoms with Gasteiger partial charge in [0.2, 0.25) is 0 Å². The number of rotatable bonds is 3. The monoisotopic (exact) mass is 218 g/mol. The molecule has 0 bridgehead atoms. The second-order valence-electron chi connectivity index (χ2n) is 3.70. The Hall–Kier alpha value is -1.95. The summed E-state index contributed by atoms with van der Waals surface area (Å²) < 4.78 is 1.87. The molecule has 0 aromatic carbocycles. The van der Waals surface area contributed by atoms with Crippen LogP contribution in [-0.4, -0.2) is 19.7 Å². The van der Waals surface area contributed by atoms with Crippen molar-refractivity contribution in [1.29, 1.82) is 0 Å². The third-order valence-corrected chi connectivity index (χ3v) is 2.24. The molecule has 3 N–H and O–H groups in total. The van der Waals surface area contributed by atoms with Gasteiger partial charge in [-0.05, 0) is 13.8 Å². The summed E-state index contributed by atoms with van der Waals surface area (Å²) in [6.07, 6.45) is 6.90. The first-order valence-corrected chi connectivity index (χ1v) is 5.04. The van der Waals surface area contributed by atoms with E-state index in [9.17, 15) is 0 Å². The van der Waals surface area contributed by atoms with E-state index in [1.54, 1.807) is 18.6 Å². The van der Waals surface area contributed by atoms with Crippen molar-refractivity contribution in [3.8, 4) is 11.3 Å². The Morgan fingerprint density at radius 1 is 1.31 bits per heavy atom. The van der Waals surface area contributed by atoms with Crippen molar-refractivity contribution >= 4 is 5.82 Å². The summed E-state index contributed by atoms with van der Waals surface area (Å²) in [6.45, 7) is 4.13. The van der Waals surface area contributed by atoms with Crippen LogP contribution in [0.3, 0.4) is 0 Å². The maximum Gasteiger partial charge on any atom is 0.166 e. The minimum absolute atomic E-state index is 0.319. The van der Waals surface area contributed by atoms with Crippen molar-refractivity contribution in [1.82, 2.24) is 19.7 Å². The van der Waals surface area contributed by atoms with E-state index in [0.717, 1.165) is 5.56 Å². The van der Waals surface area contributed by atoms with Crippen molar-refractivity contribution in [2.45, 2.75) is 19.9 Å². The molecule has 0 atom stereocenters. The van der Waals surface area contributed by atoms with Crippen LogP contribution in [0.5, 0.6) is 0 Å². The largest absolute Gasteiger partial charge is 0.307 e. The summed E-state index contributed by atoms with van der Waals surface area (Å²) in [4.78, 5) is 8.33. The highest BCUT2D eigenvalue weighted by Gasteiger charge is 2.09. The molecule has 0 saturated heterocycles. The number of hydrogen-bond donors (Lipinski definition) is 2. The molecule has 0 radical (unpaired) electrons. The lowest BCUT2D eigenvalue weighted by molar-refractivity contribution is 0.532. The molecule has 6 nitrogen and oxygen atoms in total. The fraction of sp³-hybridized carbons (Fsp3) is 0.300. The van der Waals surface area contributed by atoms with Crippen LogP contribution in [0, 0.1) is 0 Å². The van der Waals surface area contributed by atoms with Gasteiger partial charge in [0.05, 0.1) is 6.20 Å². The molecule has 2 aromatic heterocycles. The van der Waals surface area contributed by atoms with Crippen LogP contribution in [0.4, 0.5) is 5.82 Å². The molecule has 2 rings (SSSR count). The van der Waals surface area contributed by atoms with E-state index >= 15 is 0 Å². The van der Waals surface area contributed by atoms with Gasteiger partial charge < -0.3 is 5.43 Å². The van der Waals surface area contributed by atoms with Gasteiger partial charge in [-0.1, -0.05) is 0 Å². The third kappa shape index (κ3) is 1.87. The van der Waals surface area contributed by atoms with Gasteiger partial charge in [-0.3, -0.25) is 9.67 Å². The van der Waals surface area contributed by atoms with Gasteiger partial charge in [0.1, 0.15) is 5.69 Å². The summed E-state index contributed by atoms with van der Waals surface area (Å²) in [5, 5.41) is 4.25. The zero-order valence-corrected chi connectivity index (χ0v) is 9.25. The predicted molar refractivity (Wildman–Crippen MR) is 61.4 cm³/mol. The molecule has 0 fully saturated rings. The second kappa shape index (κ2) is 4.28. The van der Waals surface area contributed by atoms with Gasteiger partial charge in [-0.25, -0.2) is 10.8 Å². The number of nitrogens with one attached hydrogen (secondary N) is 1. The molecule has 0 unspecified atom stereocenters. The third-order valence-electron chi connectivity index (χ3n) is 2.24. The summed E-state index contributed by atoms with van der Waals surface area (Å²) in [6, 6.07) is 0.319. The molecular weight excluding hydrogens is 204 g/mol. The molecule has 0 aliphatic rings. The molecule has 16 heavy (non-hydrogen) atoms. The lowest BCUT2D eigenvalue weighted by Gasteiger charge is -2.04. The average molecular weight is 218 g/mol. The Bertz CT molecular complexity index is 476. The second-order valence-corrected chi connectivity index (χ2v) is 3.70. The van der Waals surface area contributed by atoms with E-state index in [2.05, 4.69) is 34.3 Å². The van der Waals surface area contributed by atoms with Gasteiger partial charge in [-0.2, -0.15) is 5.10 Å². The van der Waals surface area contributed by atoms with Crippen molar-refractivity contribution in [2.75, 3.05) is 5.43 Å². The highest BCUT2D eigenvalue weighted by Crippen LogP contribution is 2.22. The summed E-state index contributed by atoms with van der Waals surface area (Å²) in [7, 11) is 0. The fourth-order valence-corrected chi connectivity index (χ4v) is 1.40. The zero-order chi connectivity index (χ0) is 11.5. The predicted octanol–water partition coefficient (Wildman–Crippen LogP) is 1.21. The lowest BCUT2D eigenvalue weighted by atomic mass is 10.2. The van der Waals surface area contributed by atoms with Gasteiger partial charge in [-0.15, -0.1) is 0 Å². The molecule has 0 spiro atoms. The Morgan fingerprint density at radius 2 is 2.06 bits per heavy atom. The summed E-state index contributed by atoms with van der Waals surface area (Å²) >= 11 is 0. The lowest BCUT2D eigenvalue weighted by Crippen LogP contribution is -2.10. The van der Waals surface area contributed by atoms with E-state index in [4.69, 9.17) is 5.84 Å². The molecule has 84 valence electrons. The smallest absolute Gasteiger partial charge is 0.166 e. The van der Waals surface area contributed by atoms with E-state index in [1.165, 1.54) is 0 Å². The quantitative estimate of drug-likeness (QED) is 0.597. The fourth-order valence-electron chi connectivity index (χ4n) is 1.40. The Labute approximate surface area is 93.5 Å². The van der Waals surface area contributed by atoms with Crippen LogP contribution < -0.4 is 11.3 Å². The molecule has 0 aliphatic heterocycles. The molecular formula is C10H14N6. The van der Waals surface area contributed by atoms with E-state index in [-0.39, 0.29) is 0 Å². The Morgan fingerprint density at radius 3 is 2.69 bits per heavy atom. The first-order valence-electron chi connectivity index (χ1n) is 5.04. The average Bonchev–Trinajstić information content (AvgIpc) is 2.78. The zero-order valence-electron chi connectivity index (χ0n) is 9.25. The normalized spacial score (nSPS) is 10.8. The number of anilines is 1.